The van der Waals surface area contributed by atoms with Gasteiger partial charge in [0.05, 0.1) is 5.69 Å². The maximum absolute atomic E-state index is 5.43. The molecule has 1 heterocycles. The van der Waals surface area contributed by atoms with Crippen molar-refractivity contribution >= 4 is 11.8 Å². The topological polar surface area (TPSA) is 26.0 Å². The van der Waals surface area contributed by atoms with Crippen molar-refractivity contribution in [2.24, 2.45) is 0 Å². The first-order valence-corrected chi connectivity index (χ1v) is 6.28. The Morgan fingerprint density at radius 3 is 2.80 bits per heavy atom. The van der Waals surface area contributed by atoms with Gasteiger partial charge in [0.1, 0.15) is 6.26 Å². The second-order valence-electron chi connectivity index (χ2n) is 3.25. The van der Waals surface area contributed by atoms with Crippen LogP contribution in [0.4, 0.5) is 0 Å². The zero-order valence-corrected chi connectivity index (χ0v) is 9.46. The molecule has 0 radical (unpaired) electrons. The van der Waals surface area contributed by atoms with E-state index in [0.29, 0.717) is 5.89 Å². The van der Waals surface area contributed by atoms with Crippen LogP contribution in [-0.2, 0) is 6.42 Å². The van der Waals surface area contributed by atoms with Gasteiger partial charge in [-0.05, 0) is 24.1 Å². The number of hydrogen-bond donors (Lipinski definition) is 0. The first-order valence-electron chi connectivity index (χ1n) is 4.89. The molecule has 0 bridgehead atoms. The maximum atomic E-state index is 5.43. The van der Waals surface area contributed by atoms with E-state index in [1.807, 2.05) is 42.1 Å². The van der Waals surface area contributed by atoms with Gasteiger partial charge >= 0.3 is 0 Å². The Morgan fingerprint density at radius 1 is 1.27 bits per heavy atom. The van der Waals surface area contributed by atoms with Crippen molar-refractivity contribution in [2.45, 2.75) is 6.42 Å². The van der Waals surface area contributed by atoms with Crippen molar-refractivity contribution in [2.75, 3.05) is 12.0 Å². The Kier molecular flexibility index (Phi) is 3.45. The molecule has 0 aliphatic heterocycles. The van der Waals surface area contributed by atoms with Crippen molar-refractivity contribution in [3.05, 3.63) is 42.3 Å². The van der Waals surface area contributed by atoms with Crippen LogP contribution in [0.15, 0.2) is 41.0 Å². The highest BCUT2D eigenvalue weighted by Gasteiger charge is 2.05. The minimum Gasteiger partial charge on any atom is -0.444 e. The highest BCUT2D eigenvalue weighted by molar-refractivity contribution is 7.98. The fourth-order valence-corrected chi connectivity index (χ4v) is 1.76. The Morgan fingerprint density at radius 2 is 2.07 bits per heavy atom. The number of rotatable bonds is 4. The van der Waals surface area contributed by atoms with Crippen LogP contribution in [0, 0.1) is 0 Å². The third kappa shape index (κ3) is 2.63. The quantitative estimate of drug-likeness (QED) is 0.789. The van der Waals surface area contributed by atoms with Gasteiger partial charge in [-0.25, -0.2) is 4.98 Å². The van der Waals surface area contributed by atoms with Crippen molar-refractivity contribution in [3.63, 3.8) is 0 Å². The molecular weight excluding hydrogens is 206 g/mol. The molecule has 0 saturated carbocycles. The number of oxazole rings is 1. The number of nitrogens with zero attached hydrogens (tertiary/aromatic N) is 1. The molecule has 78 valence electrons. The highest BCUT2D eigenvalue weighted by Crippen LogP contribution is 2.18. The number of thioether (sulfide) groups is 1. The van der Waals surface area contributed by atoms with E-state index in [4.69, 9.17) is 4.42 Å². The van der Waals surface area contributed by atoms with Crippen molar-refractivity contribution < 1.29 is 4.42 Å². The molecule has 0 atom stereocenters. The lowest BCUT2D eigenvalue weighted by molar-refractivity contribution is 0.573. The van der Waals surface area contributed by atoms with Gasteiger partial charge in [0, 0.05) is 12.0 Å². The summed E-state index contributed by atoms with van der Waals surface area (Å²) in [5.41, 5.74) is 2.07. The summed E-state index contributed by atoms with van der Waals surface area (Å²) in [6.45, 7) is 0. The average molecular weight is 219 g/mol. The molecule has 2 rings (SSSR count). The lowest BCUT2D eigenvalue weighted by Gasteiger charge is -1.92. The Hall–Kier alpha value is -1.22. The van der Waals surface area contributed by atoms with E-state index in [2.05, 4.69) is 11.2 Å². The van der Waals surface area contributed by atoms with E-state index in [1.165, 1.54) is 0 Å². The van der Waals surface area contributed by atoms with Crippen molar-refractivity contribution in [1.82, 2.24) is 4.98 Å². The molecule has 1 aromatic heterocycles. The molecule has 0 spiro atoms. The lowest BCUT2D eigenvalue weighted by atomic mass is 10.2. The molecular formula is C12H13NOS. The summed E-state index contributed by atoms with van der Waals surface area (Å²) < 4.78 is 5.43. The SMILES string of the molecule is CSCCc1coc(-c2ccccc2)n1. The summed E-state index contributed by atoms with van der Waals surface area (Å²) in [4.78, 5) is 4.44. The van der Waals surface area contributed by atoms with Crippen LogP contribution in [0.5, 0.6) is 0 Å². The molecule has 0 aliphatic rings. The van der Waals surface area contributed by atoms with E-state index < -0.39 is 0 Å². The minimum atomic E-state index is 0.715. The van der Waals surface area contributed by atoms with E-state index in [1.54, 1.807) is 6.26 Å². The van der Waals surface area contributed by atoms with Crippen LogP contribution in [0.2, 0.25) is 0 Å². The van der Waals surface area contributed by atoms with Gasteiger partial charge < -0.3 is 4.42 Å². The van der Waals surface area contributed by atoms with Crippen LogP contribution in [0.25, 0.3) is 11.5 Å². The van der Waals surface area contributed by atoms with Gasteiger partial charge in [-0.1, -0.05) is 18.2 Å². The predicted octanol–water partition coefficient (Wildman–Crippen LogP) is 3.25. The van der Waals surface area contributed by atoms with Crippen molar-refractivity contribution in [1.29, 1.82) is 0 Å². The predicted molar refractivity (Wildman–Crippen MR) is 64.0 cm³/mol. The van der Waals surface area contributed by atoms with Crippen LogP contribution in [-0.4, -0.2) is 17.0 Å². The van der Waals surface area contributed by atoms with Crippen LogP contribution in [0.3, 0.4) is 0 Å². The number of benzene rings is 1. The first-order chi connectivity index (χ1) is 7.40. The lowest BCUT2D eigenvalue weighted by Crippen LogP contribution is -1.87. The summed E-state index contributed by atoms with van der Waals surface area (Å²) in [5.74, 6) is 1.80. The second-order valence-corrected chi connectivity index (χ2v) is 4.24. The smallest absolute Gasteiger partial charge is 0.226 e. The second kappa shape index (κ2) is 5.03. The largest absolute Gasteiger partial charge is 0.444 e. The zero-order valence-electron chi connectivity index (χ0n) is 8.64. The fraction of sp³-hybridized carbons (Fsp3) is 0.250. The van der Waals surface area contributed by atoms with Gasteiger partial charge in [0.15, 0.2) is 0 Å². The minimum absolute atomic E-state index is 0.715. The van der Waals surface area contributed by atoms with Gasteiger partial charge in [0.2, 0.25) is 5.89 Å². The van der Waals surface area contributed by atoms with Gasteiger partial charge in [-0.3, -0.25) is 0 Å². The molecule has 0 saturated heterocycles. The van der Waals surface area contributed by atoms with E-state index >= 15 is 0 Å². The molecule has 0 amide bonds. The molecule has 0 fully saturated rings. The monoisotopic (exact) mass is 219 g/mol. The highest BCUT2D eigenvalue weighted by atomic mass is 32.2. The summed E-state index contributed by atoms with van der Waals surface area (Å²) in [7, 11) is 0. The molecule has 0 unspecified atom stereocenters. The standard InChI is InChI=1S/C12H13NOS/c1-15-8-7-11-9-14-12(13-11)10-5-3-2-4-6-10/h2-6,9H,7-8H2,1H3. The molecule has 0 N–H and O–H groups in total. The fourth-order valence-electron chi connectivity index (χ4n) is 1.34. The summed E-state index contributed by atoms with van der Waals surface area (Å²) in [5, 5.41) is 0. The zero-order chi connectivity index (χ0) is 10.5. The van der Waals surface area contributed by atoms with Crippen LogP contribution in [0.1, 0.15) is 5.69 Å². The normalized spacial score (nSPS) is 10.5. The van der Waals surface area contributed by atoms with Crippen molar-refractivity contribution in [3.8, 4) is 11.5 Å². The molecule has 15 heavy (non-hydrogen) atoms. The molecule has 2 nitrogen and oxygen atoms in total. The maximum Gasteiger partial charge on any atom is 0.226 e. The number of aromatic nitrogens is 1. The third-order valence-corrected chi connectivity index (χ3v) is 2.75. The van der Waals surface area contributed by atoms with Crippen LogP contribution >= 0.6 is 11.8 Å². The summed E-state index contributed by atoms with van der Waals surface area (Å²) >= 11 is 1.82. The molecule has 1 aromatic carbocycles. The van der Waals surface area contributed by atoms with Gasteiger partial charge in [-0.15, -0.1) is 0 Å². The van der Waals surface area contributed by atoms with Crippen LogP contribution < -0.4 is 0 Å². The molecule has 2 aromatic rings. The number of aryl methyl sites for hydroxylation is 1. The first kappa shape index (κ1) is 10.3. The van der Waals surface area contributed by atoms with E-state index in [0.717, 1.165) is 23.4 Å². The van der Waals surface area contributed by atoms with E-state index in [-0.39, 0.29) is 0 Å². The Balaban J connectivity index is 2.14. The van der Waals surface area contributed by atoms with Gasteiger partial charge in [-0.2, -0.15) is 11.8 Å². The Bertz CT molecular complexity index is 411. The Labute approximate surface area is 93.7 Å². The summed E-state index contributed by atoms with van der Waals surface area (Å²) in [6.07, 6.45) is 4.81. The molecule has 0 aliphatic carbocycles. The molecule has 3 heteroatoms. The number of hydrogen-bond acceptors (Lipinski definition) is 3. The summed E-state index contributed by atoms with van der Waals surface area (Å²) in [6, 6.07) is 9.97. The third-order valence-electron chi connectivity index (χ3n) is 2.13. The van der Waals surface area contributed by atoms with Gasteiger partial charge in [0.25, 0.3) is 0 Å². The van der Waals surface area contributed by atoms with E-state index in [9.17, 15) is 0 Å². The average Bonchev–Trinajstić information content (AvgIpc) is 2.76.